The van der Waals surface area contributed by atoms with Crippen LogP contribution in [0.15, 0.2) is 0 Å². The second kappa shape index (κ2) is 46.1. The van der Waals surface area contributed by atoms with Crippen LogP contribution in [-0.2, 0) is 52.6 Å². The molecule has 73 heavy (non-hydrogen) atoms. The van der Waals surface area contributed by atoms with E-state index < -0.39 is 103 Å². The number of rotatable bonds is 51. The van der Waals surface area contributed by atoms with Gasteiger partial charge in [0.05, 0.1) is 6.04 Å². The predicted octanol–water partition coefficient (Wildman–Crippen LogP) is 7.40. The summed E-state index contributed by atoms with van der Waals surface area (Å²) in [6, 6.07) is -5.92. The molecule has 5 amide bonds. The maximum absolute atomic E-state index is 13.5. The Labute approximate surface area is 440 Å². The molecule has 0 aliphatic carbocycles. The lowest BCUT2D eigenvalue weighted by Crippen LogP contribution is -2.57. The summed E-state index contributed by atoms with van der Waals surface area (Å²) in [7, 11) is 0. The molecule has 0 aromatic carbocycles. The number of nitrogens with two attached hydrogens (primary N) is 3. The Bertz CT molecular complexity index is 1570. The molecule has 0 saturated heterocycles. The number of esters is 2. The summed E-state index contributed by atoms with van der Waals surface area (Å²) in [5, 5.41) is 25.5. The van der Waals surface area contributed by atoms with Crippen LogP contribution in [0.3, 0.4) is 0 Å². The molecule has 19 nitrogen and oxygen atoms in total. The summed E-state index contributed by atoms with van der Waals surface area (Å²) in [5.41, 5.74) is 16.8. The molecular weight excluding hydrogens is 961 g/mol. The summed E-state index contributed by atoms with van der Waals surface area (Å²) in [6.07, 6.45) is 27.5. The van der Waals surface area contributed by atoms with Crippen molar-refractivity contribution in [1.29, 1.82) is 0 Å². The van der Waals surface area contributed by atoms with Crippen LogP contribution in [0.1, 0.15) is 232 Å². The number of carboxylic acid groups (broad SMARTS) is 2. The molecule has 0 bridgehead atoms. The van der Waals surface area contributed by atoms with Crippen LogP contribution >= 0.6 is 11.8 Å². The zero-order valence-corrected chi connectivity index (χ0v) is 45.4. The van der Waals surface area contributed by atoms with Crippen LogP contribution in [0.2, 0.25) is 0 Å². The molecule has 0 heterocycles. The van der Waals surface area contributed by atoms with Crippen molar-refractivity contribution in [1.82, 2.24) is 16.0 Å². The molecule has 0 aliphatic heterocycles. The van der Waals surface area contributed by atoms with Gasteiger partial charge >= 0.3 is 23.9 Å². The van der Waals surface area contributed by atoms with Crippen LogP contribution in [0.25, 0.3) is 0 Å². The monoisotopic (exact) mass is 1060 g/mol. The number of carbonyl (C=O) groups is 9. The minimum absolute atomic E-state index is 0.0354. The van der Waals surface area contributed by atoms with Gasteiger partial charge in [0.25, 0.3) is 0 Å². The Morgan fingerprint density at radius 3 is 1.19 bits per heavy atom. The van der Waals surface area contributed by atoms with Crippen molar-refractivity contribution in [2.45, 2.75) is 262 Å². The highest BCUT2D eigenvalue weighted by molar-refractivity contribution is 7.99. The van der Waals surface area contributed by atoms with E-state index in [0.29, 0.717) is 12.8 Å². The van der Waals surface area contributed by atoms with Gasteiger partial charge in [-0.05, 0) is 32.1 Å². The quantitative estimate of drug-likeness (QED) is 0.0217. The third-order valence-electron chi connectivity index (χ3n) is 12.5. The molecule has 422 valence electrons. The van der Waals surface area contributed by atoms with Crippen molar-refractivity contribution < 1.29 is 62.8 Å². The number of primary amides is 2. The first-order valence-corrected chi connectivity index (χ1v) is 28.8. The number of carboxylic acids is 2. The summed E-state index contributed by atoms with van der Waals surface area (Å²) >= 11 is 1.16. The molecule has 1 unspecified atom stereocenters. The number of carbonyl (C=O) groups excluding carboxylic acids is 7. The van der Waals surface area contributed by atoms with E-state index in [4.69, 9.17) is 31.8 Å². The van der Waals surface area contributed by atoms with Crippen molar-refractivity contribution in [3.05, 3.63) is 0 Å². The Hall–Kier alpha value is -4.46. The summed E-state index contributed by atoms with van der Waals surface area (Å²) in [4.78, 5) is 112. The van der Waals surface area contributed by atoms with Crippen molar-refractivity contribution >= 4 is 65.2 Å². The summed E-state index contributed by atoms with van der Waals surface area (Å²) in [6.45, 7) is 4.27. The predicted molar refractivity (Wildman–Crippen MR) is 284 cm³/mol. The van der Waals surface area contributed by atoms with Crippen molar-refractivity contribution in [3.63, 3.8) is 0 Å². The molecule has 0 aromatic rings. The average Bonchev–Trinajstić information content (AvgIpc) is 3.34. The van der Waals surface area contributed by atoms with E-state index in [-0.39, 0.29) is 50.2 Å². The summed E-state index contributed by atoms with van der Waals surface area (Å²) < 4.78 is 11.3. The lowest BCUT2D eigenvalue weighted by atomic mass is 10.0. The standard InChI is InChI=1S/C53H96N6O13S/c1-3-5-7-9-11-13-15-17-19-21-23-25-27-29-48(64)71-37-40(72-49(65)30-28-26-24-22-20-18-16-14-12-10-8-6-4-2)38-73-39-41(54)50(66)57-42(31-34-45(55)60)51(67)58-43(32-35-46(56)61)52(68)59-44(53(69)70)33-36-47(62)63/h40-44H,3-39,54H2,1-2H3,(H2,55,60)(H2,56,61)(H,57,66)(H,58,67)(H,59,68)(H,62,63)(H,69,70)/t40-,41?,42-,43+,44+/m1/s1. The number of ether oxygens (including phenoxy) is 2. The largest absolute Gasteiger partial charge is 0.481 e. The van der Waals surface area contributed by atoms with Crippen LogP contribution in [0, 0.1) is 0 Å². The maximum Gasteiger partial charge on any atom is 0.326 e. The second-order valence-electron chi connectivity index (χ2n) is 19.4. The van der Waals surface area contributed by atoms with Crippen molar-refractivity contribution in [2.75, 3.05) is 18.1 Å². The number of nitrogens with one attached hydrogen (secondary N) is 3. The molecule has 0 spiro atoms. The first-order chi connectivity index (χ1) is 35.0. The van der Waals surface area contributed by atoms with Gasteiger partial charge in [0.1, 0.15) is 30.8 Å². The Balaban J connectivity index is 5.45. The van der Waals surface area contributed by atoms with Crippen molar-refractivity contribution in [2.24, 2.45) is 17.2 Å². The SMILES string of the molecule is CCCCCCCCCCCCCCCC(=O)OC[C@H](CSCC(N)C(=O)N[C@H](CCC(N)=O)C(=O)N[C@@H](CCC(N)=O)C(=O)N[C@@H](CCC(=O)O)C(=O)O)OC(=O)CCCCCCCCCCCCCCC. The number of aliphatic carboxylic acids is 2. The number of hydrogen-bond acceptors (Lipinski definition) is 13. The van der Waals surface area contributed by atoms with Crippen LogP contribution < -0.4 is 33.2 Å². The molecule has 0 radical (unpaired) electrons. The smallest absolute Gasteiger partial charge is 0.326 e. The molecule has 0 aromatic heterocycles. The fourth-order valence-electron chi connectivity index (χ4n) is 8.05. The molecule has 5 atom stereocenters. The molecule has 0 aliphatic rings. The van der Waals surface area contributed by atoms with Gasteiger partial charge in [-0.1, -0.05) is 168 Å². The molecule has 0 saturated carbocycles. The van der Waals surface area contributed by atoms with Gasteiger partial charge in [-0.3, -0.25) is 38.4 Å². The van der Waals surface area contributed by atoms with Gasteiger partial charge in [-0.25, -0.2) is 4.79 Å². The zero-order valence-electron chi connectivity index (χ0n) is 44.6. The second-order valence-corrected chi connectivity index (χ2v) is 20.5. The Morgan fingerprint density at radius 1 is 0.452 bits per heavy atom. The normalized spacial score (nSPS) is 13.2. The van der Waals surface area contributed by atoms with Gasteiger partial charge in [0.15, 0.2) is 0 Å². The van der Waals surface area contributed by atoms with Gasteiger partial charge < -0.3 is 52.8 Å². The molecular formula is C53H96N6O13S. The number of hydrogen-bond donors (Lipinski definition) is 8. The first-order valence-electron chi connectivity index (χ1n) is 27.6. The van der Waals surface area contributed by atoms with E-state index in [1.807, 2.05) is 0 Å². The van der Waals surface area contributed by atoms with E-state index in [9.17, 15) is 48.3 Å². The third kappa shape index (κ3) is 41.6. The maximum atomic E-state index is 13.5. The van der Waals surface area contributed by atoms with Gasteiger partial charge in [-0.15, -0.1) is 0 Å². The van der Waals surface area contributed by atoms with E-state index in [1.54, 1.807) is 0 Å². The minimum Gasteiger partial charge on any atom is -0.481 e. The van der Waals surface area contributed by atoms with E-state index in [0.717, 1.165) is 50.3 Å². The number of unbranched alkanes of at least 4 members (excludes halogenated alkanes) is 24. The molecule has 20 heteroatoms. The zero-order chi connectivity index (χ0) is 54.5. The fourth-order valence-corrected chi connectivity index (χ4v) is 9.02. The number of thioether (sulfide) groups is 1. The summed E-state index contributed by atoms with van der Waals surface area (Å²) in [5.74, 6) is -8.10. The third-order valence-corrected chi connectivity index (χ3v) is 13.7. The topological polar surface area (TPSA) is 327 Å². The van der Waals surface area contributed by atoms with Gasteiger partial charge in [0.2, 0.25) is 29.5 Å². The molecule has 11 N–H and O–H groups in total. The highest BCUT2D eigenvalue weighted by Crippen LogP contribution is 2.17. The average molecular weight is 1060 g/mol. The van der Waals surface area contributed by atoms with Crippen molar-refractivity contribution in [3.8, 4) is 0 Å². The molecule has 0 rings (SSSR count). The van der Waals surface area contributed by atoms with E-state index in [1.165, 1.54) is 116 Å². The van der Waals surface area contributed by atoms with E-state index >= 15 is 0 Å². The highest BCUT2D eigenvalue weighted by Gasteiger charge is 2.31. The van der Waals surface area contributed by atoms with Crippen LogP contribution in [0.4, 0.5) is 0 Å². The highest BCUT2D eigenvalue weighted by atomic mass is 32.2. The fraction of sp³-hybridized carbons (Fsp3) is 0.830. The van der Waals surface area contributed by atoms with Gasteiger partial charge in [0, 0.05) is 43.6 Å². The molecule has 0 fully saturated rings. The Morgan fingerprint density at radius 2 is 0.808 bits per heavy atom. The van der Waals surface area contributed by atoms with E-state index in [2.05, 4.69) is 29.8 Å². The first kappa shape index (κ1) is 68.5. The van der Waals surface area contributed by atoms with Crippen LogP contribution in [-0.4, -0.2) is 112 Å². The lowest BCUT2D eigenvalue weighted by Gasteiger charge is -2.25. The minimum atomic E-state index is -1.65. The van der Waals surface area contributed by atoms with Crippen LogP contribution in [0.5, 0.6) is 0 Å². The van der Waals surface area contributed by atoms with Gasteiger partial charge in [-0.2, -0.15) is 11.8 Å². The lowest BCUT2D eigenvalue weighted by molar-refractivity contribution is -0.157. The Kier molecular flexibility index (Phi) is 43.3. The number of amides is 5.